The van der Waals surface area contributed by atoms with Gasteiger partial charge in [0.1, 0.15) is 11.2 Å². The van der Waals surface area contributed by atoms with E-state index in [-0.39, 0.29) is 5.56 Å². The standard InChI is InChI=1S/C21H16O5/c1-11-3-5-13(6-4-11)17-10-25-18-9-19-14(7-16(17)18)12(2)15(8-20(22)23)21(24)26-19/h3-7,9-10H,8H2,1-2H3,(H,22,23)/p-1. The zero-order valence-electron chi connectivity index (χ0n) is 14.3. The molecule has 2 heterocycles. The summed E-state index contributed by atoms with van der Waals surface area (Å²) in [5, 5.41) is 12.5. The Morgan fingerprint density at radius 1 is 1.04 bits per heavy atom. The van der Waals surface area contributed by atoms with E-state index in [1.54, 1.807) is 19.3 Å². The topological polar surface area (TPSA) is 83.5 Å². The largest absolute Gasteiger partial charge is 0.550 e. The molecule has 4 rings (SSSR count). The Bertz CT molecular complexity index is 1210. The minimum Gasteiger partial charge on any atom is -0.550 e. The maximum atomic E-state index is 12.1. The molecular weight excluding hydrogens is 332 g/mol. The lowest BCUT2D eigenvalue weighted by molar-refractivity contribution is -0.304. The van der Waals surface area contributed by atoms with Gasteiger partial charge in [-0.05, 0) is 31.0 Å². The Balaban J connectivity index is 1.99. The molecule has 0 aliphatic heterocycles. The quantitative estimate of drug-likeness (QED) is 0.532. The molecule has 0 atom stereocenters. The molecular formula is C21H15O5-. The Labute approximate surface area is 148 Å². The third kappa shape index (κ3) is 2.58. The van der Waals surface area contributed by atoms with Gasteiger partial charge in [0.15, 0.2) is 0 Å². The second-order valence-corrected chi connectivity index (χ2v) is 6.40. The zero-order chi connectivity index (χ0) is 18.4. The van der Waals surface area contributed by atoms with Crippen LogP contribution in [-0.4, -0.2) is 5.97 Å². The van der Waals surface area contributed by atoms with Gasteiger partial charge in [-0.15, -0.1) is 0 Å². The molecule has 0 radical (unpaired) electrons. The summed E-state index contributed by atoms with van der Waals surface area (Å²) < 4.78 is 11.0. The SMILES string of the molecule is Cc1ccc(-c2coc3cc4oc(=O)c(CC(=O)[O-])c(C)c4cc23)cc1. The van der Waals surface area contributed by atoms with Crippen LogP contribution < -0.4 is 10.7 Å². The average Bonchev–Trinajstić information content (AvgIpc) is 3.00. The molecule has 2 aromatic carbocycles. The fourth-order valence-corrected chi connectivity index (χ4v) is 3.22. The van der Waals surface area contributed by atoms with Crippen molar-refractivity contribution in [2.45, 2.75) is 20.3 Å². The number of benzene rings is 2. The molecule has 130 valence electrons. The molecule has 0 spiro atoms. The van der Waals surface area contributed by atoms with Crippen LogP contribution >= 0.6 is 0 Å². The highest BCUT2D eigenvalue weighted by atomic mass is 16.4. The molecule has 0 unspecified atom stereocenters. The highest BCUT2D eigenvalue weighted by Gasteiger charge is 2.15. The molecule has 0 amide bonds. The van der Waals surface area contributed by atoms with Crippen LogP contribution in [0.2, 0.25) is 0 Å². The van der Waals surface area contributed by atoms with Gasteiger partial charge in [0, 0.05) is 40.4 Å². The second-order valence-electron chi connectivity index (χ2n) is 6.40. The summed E-state index contributed by atoms with van der Waals surface area (Å²) in [5.41, 5.74) is 4.10. The van der Waals surface area contributed by atoms with Crippen molar-refractivity contribution in [3.05, 3.63) is 69.8 Å². The molecule has 0 fully saturated rings. The summed E-state index contributed by atoms with van der Waals surface area (Å²) in [6.45, 7) is 3.74. The van der Waals surface area contributed by atoms with Crippen molar-refractivity contribution in [1.82, 2.24) is 0 Å². The Kier molecular flexibility index (Phi) is 3.65. The van der Waals surface area contributed by atoms with E-state index in [0.717, 1.165) is 22.1 Å². The normalized spacial score (nSPS) is 11.3. The monoisotopic (exact) mass is 347 g/mol. The molecule has 0 aliphatic carbocycles. The number of carboxylic acids is 1. The summed E-state index contributed by atoms with van der Waals surface area (Å²) in [4.78, 5) is 23.0. The van der Waals surface area contributed by atoms with E-state index in [1.807, 2.05) is 37.3 Å². The van der Waals surface area contributed by atoms with E-state index >= 15 is 0 Å². The minimum absolute atomic E-state index is 0.109. The number of carboxylic acid groups (broad SMARTS) is 1. The predicted octanol–water partition coefficient (Wildman–Crippen LogP) is 3.12. The van der Waals surface area contributed by atoms with Gasteiger partial charge in [0.25, 0.3) is 0 Å². The highest BCUT2D eigenvalue weighted by Crippen LogP contribution is 2.34. The van der Waals surface area contributed by atoms with E-state index in [4.69, 9.17) is 8.83 Å². The van der Waals surface area contributed by atoms with E-state index in [2.05, 4.69) is 0 Å². The van der Waals surface area contributed by atoms with Crippen molar-refractivity contribution in [3.63, 3.8) is 0 Å². The molecule has 5 heteroatoms. The zero-order valence-corrected chi connectivity index (χ0v) is 14.3. The molecule has 26 heavy (non-hydrogen) atoms. The van der Waals surface area contributed by atoms with Crippen LogP contribution in [0.25, 0.3) is 33.1 Å². The summed E-state index contributed by atoms with van der Waals surface area (Å²) >= 11 is 0. The predicted molar refractivity (Wildman–Crippen MR) is 95.9 cm³/mol. The molecule has 0 N–H and O–H groups in total. The molecule has 4 aromatic rings. The summed E-state index contributed by atoms with van der Waals surface area (Å²) in [5.74, 6) is -1.32. The second kappa shape index (κ2) is 5.88. The lowest BCUT2D eigenvalue weighted by Crippen LogP contribution is -2.27. The summed E-state index contributed by atoms with van der Waals surface area (Å²) in [7, 11) is 0. The van der Waals surface area contributed by atoms with Crippen LogP contribution in [-0.2, 0) is 11.2 Å². The third-order valence-electron chi connectivity index (χ3n) is 4.67. The average molecular weight is 347 g/mol. The first kappa shape index (κ1) is 16.1. The van der Waals surface area contributed by atoms with Gasteiger partial charge in [0.2, 0.25) is 0 Å². The number of carbonyl (C=O) groups excluding carboxylic acids is 1. The number of aryl methyl sites for hydroxylation is 2. The minimum atomic E-state index is -1.32. The van der Waals surface area contributed by atoms with Gasteiger partial charge in [-0.1, -0.05) is 29.8 Å². The fraction of sp³-hybridized carbons (Fsp3) is 0.143. The molecule has 2 aromatic heterocycles. The Hall–Kier alpha value is -3.34. The maximum Gasteiger partial charge on any atom is 0.340 e. The van der Waals surface area contributed by atoms with Gasteiger partial charge >= 0.3 is 5.63 Å². The van der Waals surface area contributed by atoms with Crippen molar-refractivity contribution in [1.29, 1.82) is 0 Å². The summed E-state index contributed by atoms with van der Waals surface area (Å²) in [6, 6.07) is 11.6. The number of carbonyl (C=O) groups is 1. The summed E-state index contributed by atoms with van der Waals surface area (Å²) in [6.07, 6.45) is 1.20. The highest BCUT2D eigenvalue weighted by molar-refractivity contribution is 6.02. The van der Waals surface area contributed by atoms with Crippen LogP contribution in [0.1, 0.15) is 16.7 Å². The van der Waals surface area contributed by atoms with E-state index < -0.39 is 18.0 Å². The first-order valence-corrected chi connectivity index (χ1v) is 8.18. The van der Waals surface area contributed by atoms with E-state index in [0.29, 0.717) is 22.1 Å². The number of hydrogen-bond acceptors (Lipinski definition) is 5. The molecule has 0 saturated heterocycles. The number of fused-ring (bicyclic) bond motifs is 2. The first-order valence-electron chi connectivity index (χ1n) is 8.18. The maximum absolute atomic E-state index is 12.1. The number of aliphatic carboxylic acids is 1. The molecule has 0 aliphatic rings. The number of rotatable bonds is 3. The molecule has 5 nitrogen and oxygen atoms in total. The van der Waals surface area contributed by atoms with Crippen molar-refractivity contribution in [3.8, 4) is 11.1 Å². The van der Waals surface area contributed by atoms with Crippen molar-refractivity contribution in [2.75, 3.05) is 0 Å². The lowest BCUT2D eigenvalue weighted by atomic mass is 9.99. The van der Waals surface area contributed by atoms with Crippen LogP contribution in [0.5, 0.6) is 0 Å². The Morgan fingerprint density at radius 3 is 2.46 bits per heavy atom. The van der Waals surface area contributed by atoms with Gasteiger partial charge in [-0.25, -0.2) is 4.79 Å². The van der Waals surface area contributed by atoms with Crippen molar-refractivity contribution in [2.24, 2.45) is 0 Å². The number of furan rings is 1. The van der Waals surface area contributed by atoms with E-state index in [9.17, 15) is 14.7 Å². The van der Waals surface area contributed by atoms with Crippen LogP contribution in [0.4, 0.5) is 0 Å². The smallest absolute Gasteiger partial charge is 0.340 e. The van der Waals surface area contributed by atoms with Crippen LogP contribution in [0.3, 0.4) is 0 Å². The first-order chi connectivity index (χ1) is 12.4. The van der Waals surface area contributed by atoms with Crippen LogP contribution in [0, 0.1) is 13.8 Å². The lowest BCUT2D eigenvalue weighted by Gasteiger charge is -2.08. The van der Waals surface area contributed by atoms with Gasteiger partial charge in [0.05, 0.1) is 6.26 Å². The van der Waals surface area contributed by atoms with Crippen LogP contribution in [0.15, 0.2) is 56.3 Å². The van der Waals surface area contributed by atoms with Crippen molar-refractivity contribution >= 4 is 27.9 Å². The fourth-order valence-electron chi connectivity index (χ4n) is 3.22. The molecule has 0 saturated carbocycles. The number of hydrogen-bond donors (Lipinski definition) is 0. The molecule has 0 bridgehead atoms. The van der Waals surface area contributed by atoms with E-state index in [1.165, 1.54) is 0 Å². The van der Waals surface area contributed by atoms with Gasteiger partial charge in [-0.3, -0.25) is 0 Å². The Morgan fingerprint density at radius 2 is 1.77 bits per heavy atom. The third-order valence-corrected chi connectivity index (χ3v) is 4.67. The van der Waals surface area contributed by atoms with Crippen molar-refractivity contribution < 1.29 is 18.7 Å². The van der Waals surface area contributed by atoms with Gasteiger partial charge in [-0.2, -0.15) is 0 Å². The van der Waals surface area contributed by atoms with Gasteiger partial charge < -0.3 is 18.7 Å².